The quantitative estimate of drug-likeness (QED) is 0.694. The molecule has 1 amide bonds. The predicted molar refractivity (Wildman–Crippen MR) is 98.5 cm³/mol. The van der Waals surface area contributed by atoms with E-state index in [2.05, 4.69) is 20.6 Å². The van der Waals surface area contributed by atoms with Crippen molar-refractivity contribution in [2.24, 2.45) is 0 Å². The third kappa shape index (κ3) is 2.84. The van der Waals surface area contributed by atoms with Crippen LogP contribution in [-0.2, 0) is 5.66 Å². The van der Waals surface area contributed by atoms with Crippen LogP contribution < -0.4 is 21.9 Å². The highest BCUT2D eigenvalue weighted by molar-refractivity contribution is 5.97. The molecule has 2 unspecified atom stereocenters. The number of aromatic nitrogens is 3. The number of anilines is 3. The number of hydrogen-bond donors (Lipinski definition) is 3. The lowest BCUT2D eigenvalue weighted by Crippen LogP contribution is -2.45. The largest absolute Gasteiger partial charge is 0.384 e. The van der Waals surface area contributed by atoms with Crippen LogP contribution in [-0.4, -0.2) is 26.6 Å². The van der Waals surface area contributed by atoms with Crippen LogP contribution in [0, 0.1) is 6.92 Å². The molecule has 1 aliphatic carbocycles. The standard InChI is InChI=1S/C18H19FN6O2/c1-10-7-12(23-14-8-13(20)21-9-22-14)17(27)25-15(10)16(26)24-18(25)5-2-3-11(19)4-6-18/h4,6-9,11H,2-3,5H2,1H3,(H,24,26)(H3,20,21,22,23). The summed E-state index contributed by atoms with van der Waals surface area (Å²) in [4.78, 5) is 33.7. The van der Waals surface area contributed by atoms with Gasteiger partial charge in [-0.15, -0.1) is 0 Å². The molecule has 2 aliphatic rings. The molecule has 4 N–H and O–H groups in total. The van der Waals surface area contributed by atoms with Gasteiger partial charge < -0.3 is 16.4 Å². The van der Waals surface area contributed by atoms with Gasteiger partial charge in [-0.2, -0.15) is 0 Å². The fraction of sp³-hybridized carbons (Fsp3) is 0.333. The van der Waals surface area contributed by atoms with Gasteiger partial charge in [0, 0.05) is 6.07 Å². The Balaban J connectivity index is 1.86. The molecule has 0 saturated carbocycles. The van der Waals surface area contributed by atoms with Crippen LogP contribution >= 0.6 is 0 Å². The minimum Gasteiger partial charge on any atom is -0.384 e. The molecule has 1 aliphatic heterocycles. The normalized spacial score (nSPS) is 23.8. The van der Waals surface area contributed by atoms with Crippen molar-refractivity contribution in [3.8, 4) is 0 Å². The summed E-state index contributed by atoms with van der Waals surface area (Å²) in [5.74, 6) is 0.287. The van der Waals surface area contributed by atoms with Crippen molar-refractivity contribution in [1.29, 1.82) is 0 Å². The van der Waals surface area contributed by atoms with Gasteiger partial charge in [-0.25, -0.2) is 14.4 Å². The van der Waals surface area contributed by atoms with Gasteiger partial charge in [-0.3, -0.25) is 14.2 Å². The van der Waals surface area contributed by atoms with Gasteiger partial charge in [-0.1, -0.05) is 6.08 Å². The van der Waals surface area contributed by atoms with Crippen molar-refractivity contribution in [2.45, 2.75) is 38.0 Å². The summed E-state index contributed by atoms with van der Waals surface area (Å²) < 4.78 is 15.2. The van der Waals surface area contributed by atoms with Gasteiger partial charge in [-0.05, 0) is 43.9 Å². The Labute approximate surface area is 154 Å². The van der Waals surface area contributed by atoms with Gasteiger partial charge in [0.2, 0.25) is 0 Å². The number of fused-ring (bicyclic) bond motifs is 2. The molecule has 2 atom stereocenters. The lowest BCUT2D eigenvalue weighted by atomic mass is 10.0. The van der Waals surface area contributed by atoms with E-state index in [1.54, 1.807) is 19.1 Å². The number of carbonyl (C=O) groups is 1. The molecule has 0 fully saturated rings. The van der Waals surface area contributed by atoms with E-state index in [0.29, 0.717) is 30.6 Å². The average molecular weight is 370 g/mol. The van der Waals surface area contributed by atoms with Crippen LogP contribution in [0.4, 0.5) is 21.7 Å². The Kier molecular flexibility index (Phi) is 3.94. The molecule has 9 heteroatoms. The number of aryl methyl sites for hydroxylation is 1. The van der Waals surface area contributed by atoms with E-state index in [4.69, 9.17) is 5.73 Å². The molecule has 0 saturated heterocycles. The Morgan fingerprint density at radius 1 is 1.37 bits per heavy atom. The zero-order chi connectivity index (χ0) is 19.2. The maximum Gasteiger partial charge on any atom is 0.277 e. The zero-order valence-electron chi connectivity index (χ0n) is 14.7. The number of halogens is 1. The number of rotatable bonds is 2. The number of nitrogens with two attached hydrogens (primary N) is 1. The Morgan fingerprint density at radius 3 is 2.96 bits per heavy atom. The van der Waals surface area contributed by atoms with Gasteiger partial charge in [0.05, 0.1) is 0 Å². The Morgan fingerprint density at radius 2 is 2.19 bits per heavy atom. The molecule has 3 heterocycles. The van der Waals surface area contributed by atoms with E-state index in [0.717, 1.165) is 0 Å². The Hall–Kier alpha value is -3.23. The Bertz CT molecular complexity index is 1020. The van der Waals surface area contributed by atoms with E-state index in [9.17, 15) is 14.0 Å². The SMILES string of the molecule is Cc1cc(Nc2cc(N)ncn2)c(=O)n2c1C(=O)NC21C=CC(F)CCC1. The van der Waals surface area contributed by atoms with Crippen molar-refractivity contribution in [3.05, 3.63) is 52.2 Å². The summed E-state index contributed by atoms with van der Waals surface area (Å²) in [7, 11) is 0. The average Bonchev–Trinajstić information content (AvgIpc) is 2.78. The smallest absolute Gasteiger partial charge is 0.277 e. The van der Waals surface area contributed by atoms with Crippen molar-refractivity contribution < 1.29 is 9.18 Å². The van der Waals surface area contributed by atoms with Crippen LogP contribution in [0.5, 0.6) is 0 Å². The number of alkyl halides is 1. The summed E-state index contributed by atoms with van der Waals surface area (Å²) in [5, 5.41) is 5.82. The number of pyridine rings is 1. The van der Waals surface area contributed by atoms with Crippen molar-refractivity contribution >= 4 is 23.2 Å². The molecule has 0 aromatic carbocycles. The third-order valence-electron chi connectivity index (χ3n) is 4.91. The van der Waals surface area contributed by atoms with Gasteiger partial charge in [0.15, 0.2) is 0 Å². The number of nitrogens with one attached hydrogen (secondary N) is 2. The van der Waals surface area contributed by atoms with Gasteiger partial charge in [0.25, 0.3) is 11.5 Å². The summed E-state index contributed by atoms with van der Waals surface area (Å²) in [6.45, 7) is 1.75. The van der Waals surface area contributed by atoms with Crippen LogP contribution in [0.1, 0.15) is 35.3 Å². The van der Waals surface area contributed by atoms with Crippen molar-refractivity contribution in [2.75, 3.05) is 11.1 Å². The van der Waals surface area contributed by atoms with E-state index in [1.165, 1.54) is 23.0 Å². The molecule has 0 bridgehead atoms. The highest BCUT2D eigenvalue weighted by Crippen LogP contribution is 2.33. The lowest BCUT2D eigenvalue weighted by Gasteiger charge is -2.28. The first-order valence-corrected chi connectivity index (χ1v) is 8.67. The predicted octanol–water partition coefficient (Wildman–Crippen LogP) is 1.75. The van der Waals surface area contributed by atoms with Crippen LogP contribution in [0.15, 0.2) is 35.4 Å². The second kappa shape index (κ2) is 6.19. The lowest BCUT2D eigenvalue weighted by molar-refractivity contribution is 0.0934. The molecule has 140 valence electrons. The van der Waals surface area contributed by atoms with Crippen LogP contribution in [0.25, 0.3) is 0 Å². The molecule has 8 nitrogen and oxygen atoms in total. The number of allylic oxidation sites excluding steroid dienone is 1. The molecule has 0 radical (unpaired) electrons. The molecule has 1 spiro atoms. The van der Waals surface area contributed by atoms with E-state index in [1.807, 2.05) is 0 Å². The van der Waals surface area contributed by atoms with Gasteiger partial charge in [0.1, 0.15) is 41.2 Å². The highest BCUT2D eigenvalue weighted by atomic mass is 19.1. The maximum absolute atomic E-state index is 13.8. The fourth-order valence-corrected chi connectivity index (χ4v) is 3.69. The highest BCUT2D eigenvalue weighted by Gasteiger charge is 2.43. The summed E-state index contributed by atoms with van der Waals surface area (Å²) in [5.41, 5.74) is 5.37. The second-order valence-corrected chi connectivity index (χ2v) is 6.83. The molecule has 2 aromatic rings. The summed E-state index contributed by atoms with van der Waals surface area (Å²) in [6.07, 6.45) is 4.53. The first kappa shape index (κ1) is 17.2. The zero-order valence-corrected chi connectivity index (χ0v) is 14.7. The minimum absolute atomic E-state index is 0.250. The van der Waals surface area contributed by atoms with Crippen LogP contribution in [0.3, 0.4) is 0 Å². The van der Waals surface area contributed by atoms with E-state index in [-0.39, 0.29) is 23.1 Å². The van der Waals surface area contributed by atoms with Crippen molar-refractivity contribution in [3.63, 3.8) is 0 Å². The van der Waals surface area contributed by atoms with Crippen LogP contribution in [0.2, 0.25) is 0 Å². The van der Waals surface area contributed by atoms with Gasteiger partial charge >= 0.3 is 0 Å². The number of nitrogen functional groups attached to an aromatic ring is 1. The minimum atomic E-state index is -1.09. The van der Waals surface area contributed by atoms with E-state index >= 15 is 0 Å². The number of hydrogen-bond acceptors (Lipinski definition) is 6. The molecule has 27 heavy (non-hydrogen) atoms. The number of nitrogens with zero attached hydrogens (tertiary/aromatic N) is 3. The van der Waals surface area contributed by atoms with E-state index < -0.39 is 17.4 Å². The molecule has 2 aromatic heterocycles. The molecule has 4 rings (SSSR count). The monoisotopic (exact) mass is 370 g/mol. The first-order chi connectivity index (χ1) is 12.9. The topological polar surface area (TPSA) is 115 Å². The molecular formula is C18H19FN6O2. The summed E-state index contributed by atoms with van der Waals surface area (Å²) in [6, 6.07) is 3.11. The number of amides is 1. The number of carbonyl (C=O) groups excluding carboxylic acids is 1. The first-order valence-electron chi connectivity index (χ1n) is 8.67. The maximum atomic E-state index is 13.8. The second-order valence-electron chi connectivity index (χ2n) is 6.83. The fourth-order valence-electron chi connectivity index (χ4n) is 3.69. The molecular weight excluding hydrogens is 351 g/mol. The third-order valence-corrected chi connectivity index (χ3v) is 4.91. The summed E-state index contributed by atoms with van der Waals surface area (Å²) >= 11 is 0. The van der Waals surface area contributed by atoms with Crippen molar-refractivity contribution in [1.82, 2.24) is 19.9 Å².